The first kappa shape index (κ1) is 17.5. The van der Waals surface area contributed by atoms with Crippen LogP contribution in [0, 0.1) is 0 Å². The monoisotopic (exact) mass is 435 g/mol. The van der Waals surface area contributed by atoms with Crippen LogP contribution in [0.4, 0.5) is 19.0 Å². The fourth-order valence-electron chi connectivity index (χ4n) is 2.52. The molecule has 0 radical (unpaired) electrons. The molecule has 3 N–H and O–H groups in total. The van der Waals surface area contributed by atoms with E-state index in [0.29, 0.717) is 4.57 Å². The summed E-state index contributed by atoms with van der Waals surface area (Å²) in [7, 11) is 0. The highest BCUT2D eigenvalue weighted by Crippen LogP contribution is 2.40. The van der Waals surface area contributed by atoms with Gasteiger partial charge in [0.1, 0.15) is 5.82 Å². The number of carbonyl (C=O) groups is 2. The number of amides is 2. The second kappa shape index (κ2) is 5.60. The predicted molar refractivity (Wildman–Crippen MR) is 86.0 cm³/mol. The molecule has 11 heteroatoms. The number of nitrogens with one attached hydrogen (secondary N) is 1. The van der Waals surface area contributed by atoms with Crippen LogP contribution in [-0.2, 0) is 6.18 Å². The van der Waals surface area contributed by atoms with Crippen molar-refractivity contribution in [2.45, 2.75) is 6.18 Å². The van der Waals surface area contributed by atoms with Gasteiger partial charge in [0, 0.05) is 10.5 Å². The molecule has 0 aliphatic carbocycles. The van der Waals surface area contributed by atoms with Crippen molar-refractivity contribution in [2.24, 2.45) is 0 Å². The van der Waals surface area contributed by atoms with Crippen LogP contribution in [0.1, 0.15) is 26.3 Å². The zero-order chi connectivity index (χ0) is 18.7. The number of anilines is 1. The first-order valence-corrected chi connectivity index (χ1v) is 7.67. The van der Waals surface area contributed by atoms with Gasteiger partial charge in [-0.1, -0.05) is 27.5 Å². The molecular weight excluding hydrogens is 431 g/mol. The zero-order valence-corrected chi connectivity index (χ0v) is 14.2. The predicted octanol–water partition coefficient (Wildman–Crippen LogP) is 2.74. The molecule has 2 aromatic rings. The summed E-state index contributed by atoms with van der Waals surface area (Å²) >= 11 is 8.83. The van der Waals surface area contributed by atoms with E-state index in [1.807, 2.05) is 5.32 Å². The Hall–Kier alpha value is -2.33. The maximum Gasteiger partial charge on any atom is 0.418 e. The van der Waals surface area contributed by atoms with Gasteiger partial charge in [-0.15, -0.1) is 0 Å². The van der Waals surface area contributed by atoms with Crippen molar-refractivity contribution in [1.82, 2.24) is 9.88 Å². The van der Waals surface area contributed by atoms with Crippen molar-refractivity contribution in [2.75, 3.05) is 5.73 Å². The molecule has 0 saturated carbocycles. The topological polar surface area (TPSA) is 94.2 Å². The number of nitrogen functional groups attached to an aromatic ring is 1. The fourth-order valence-corrected chi connectivity index (χ4v) is 3.41. The van der Waals surface area contributed by atoms with Gasteiger partial charge in [-0.3, -0.25) is 24.3 Å². The molecule has 0 spiro atoms. The Morgan fingerprint density at radius 3 is 2.36 bits per heavy atom. The number of nitrogens with two attached hydrogens (primary N) is 1. The number of alkyl halides is 3. The van der Waals surface area contributed by atoms with E-state index in [1.165, 1.54) is 0 Å². The number of carbonyl (C=O) groups excluding carboxylic acids is 2. The van der Waals surface area contributed by atoms with E-state index >= 15 is 0 Å². The van der Waals surface area contributed by atoms with Gasteiger partial charge in [-0.25, -0.2) is 0 Å². The number of pyridine rings is 1. The Bertz CT molecular complexity index is 1020. The van der Waals surface area contributed by atoms with Gasteiger partial charge in [0.05, 0.1) is 27.4 Å². The normalized spacial score (nSPS) is 13.8. The minimum Gasteiger partial charge on any atom is -0.384 e. The summed E-state index contributed by atoms with van der Waals surface area (Å²) in [5.74, 6) is -2.37. The third-order valence-electron chi connectivity index (χ3n) is 3.51. The summed E-state index contributed by atoms with van der Waals surface area (Å²) in [6, 6.07) is 2.62. The summed E-state index contributed by atoms with van der Waals surface area (Å²) in [4.78, 5) is 35.8. The minimum atomic E-state index is -4.86. The molecule has 0 unspecified atom stereocenters. The largest absolute Gasteiger partial charge is 0.418 e. The Labute approximate surface area is 150 Å². The Balaban J connectivity index is 2.45. The van der Waals surface area contributed by atoms with E-state index in [2.05, 4.69) is 15.9 Å². The first-order chi connectivity index (χ1) is 11.5. The van der Waals surface area contributed by atoms with Gasteiger partial charge >= 0.3 is 6.18 Å². The maximum atomic E-state index is 13.4. The lowest BCUT2D eigenvalue weighted by Gasteiger charge is -2.19. The highest BCUT2D eigenvalue weighted by atomic mass is 79.9. The molecule has 1 aromatic carbocycles. The molecule has 2 amide bonds. The lowest BCUT2D eigenvalue weighted by molar-refractivity contribution is -0.137. The Kier molecular flexibility index (Phi) is 3.92. The number of rotatable bonds is 1. The molecule has 1 aromatic heterocycles. The first-order valence-electron chi connectivity index (χ1n) is 6.50. The van der Waals surface area contributed by atoms with Crippen LogP contribution in [0.15, 0.2) is 27.5 Å². The van der Waals surface area contributed by atoms with Gasteiger partial charge in [-0.2, -0.15) is 13.2 Å². The quantitative estimate of drug-likeness (QED) is 0.672. The highest BCUT2D eigenvalue weighted by molar-refractivity contribution is 9.10. The average molecular weight is 437 g/mol. The van der Waals surface area contributed by atoms with Crippen molar-refractivity contribution in [3.63, 3.8) is 0 Å². The van der Waals surface area contributed by atoms with Gasteiger partial charge in [-0.05, 0) is 12.1 Å². The van der Waals surface area contributed by atoms with Gasteiger partial charge in [0.25, 0.3) is 17.4 Å². The number of halogens is 5. The van der Waals surface area contributed by atoms with Crippen LogP contribution in [-0.4, -0.2) is 16.4 Å². The summed E-state index contributed by atoms with van der Waals surface area (Å²) in [5.41, 5.74) is 2.08. The molecule has 2 heterocycles. The number of hydrogen-bond acceptors (Lipinski definition) is 4. The van der Waals surface area contributed by atoms with Gasteiger partial charge < -0.3 is 5.73 Å². The molecule has 0 atom stereocenters. The van der Waals surface area contributed by atoms with Crippen LogP contribution in [0.25, 0.3) is 5.69 Å². The molecule has 0 fully saturated rings. The lowest BCUT2D eigenvalue weighted by Crippen LogP contribution is -2.26. The Morgan fingerprint density at radius 1 is 1.12 bits per heavy atom. The van der Waals surface area contributed by atoms with E-state index in [4.69, 9.17) is 17.3 Å². The second-order valence-electron chi connectivity index (χ2n) is 5.06. The molecule has 130 valence electrons. The molecule has 1 aliphatic heterocycles. The van der Waals surface area contributed by atoms with Crippen molar-refractivity contribution >= 4 is 45.2 Å². The molecule has 0 bridgehead atoms. The van der Waals surface area contributed by atoms with Crippen molar-refractivity contribution in [1.29, 1.82) is 0 Å². The number of hydrogen-bond donors (Lipinski definition) is 2. The van der Waals surface area contributed by atoms with Crippen LogP contribution in [0.2, 0.25) is 5.02 Å². The van der Waals surface area contributed by atoms with Crippen LogP contribution >= 0.6 is 27.5 Å². The van der Waals surface area contributed by atoms with E-state index in [9.17, 15) is 27.6 Å². The average Bonchev–Trinajstić information content (AvgIpc) is 2.74. The molecule has 1 aliphatic rings. The van der Waals surface area contributed by atoms with E-state index in [0.717, 1.165) is 18.2 Å². The summed E-state index contributed by atoms with van der Waals surface area (Å²) in [6.07, 6.45) is -4.86. The zero-order valence-electron chi connectivity index (χ0n) is 11.9. The van der Waals surface area contributed by atoms with Gasteiger partial charge in [0.2, 0.25) is 0 Å². The second-order valence-corrected chi connectivity index (χ2v) is 6.38. The molecular formula is C14H6BrClF3N3O3. The van der Waals surface area contributed by atoms with E-state index in [1.54, 1.807) is 0 Å². The number of fused-ring (bicyclic) bond motifs is 1. The number of imide groups is 1. The molecule has 6 nitrogen and oxygen atoms in total. The number of nitrogens with zero attached hydrogens (tertiary/aromatic N) is 1. The fraction of sp³-hybridized carbons (Fsp3) is 0.0714. The van der Waals surface area contributed by atoms with Crippen LogP contribution in [0.5, 0.6) is 0 Å². The maximum absolute atomic E-state index is 13.4. The lowest BCUT2D eigenvalue weighted by atomic mass is 10.1. The van der Waals surface area contributed by atoms with Crippen molar-refractivity contribution in [3.8, 4) is 5.69 Å². The smallest absolute Gasteiger partial charge is 0.384 e. The third-order valence-corrected chi connectivity index (χ3v) is 4.26. The van der Waals surface area contributed by atoms with Crippen molar-refractivity contribution in [3.05, 3.63) is 54.7 Å². The minimum absolute atomic E-state index is 0.0364. The summed E-state index contributed by atoms with van der Waals surface area (Å²) in [6.45, 7) is 0. The van der Waals surface area contributed by atoms with Crippen LogP contribution in [0.3, 0.4) is 0 Å². The molecule has 0 saturated heterocycles. The SMILES string of the molecule is Nc1c2c(cc(=O)n1-c1c(Cl)cc(Br)cc1C(F)(F)F)C(=O)NC2=O. The van der Waals surface area contributed by atoms with E-state index < -0.39 is 45.6 Å². The molecule has 25 heavy (non-hydrogen) atoms. The number of benzene rings is 1. The number of aromatic nitrogens is 1. The summed E-state index contributed by atoms with van der Waals surface area (Å²) < 4.78 is 40.7. The van der Waals surface area contributed by atoms with Crippen LogP contribution < -0.4 is 16.6 Å². The Morgan fingerprint density at radius 2 is 1.76 bits per heavy atom. The highest BCUT2D eigenvalue weighted by Gasteiger charge is 2.38. The third kappa shape index (κ3) is 2.71. The van der Waals surface area contributed by atoms with Crippen molar-refractivity contribution < 1.29 is 22.8 Å². The molecule has 3 rings (SSSR count). The summed E-state index contributed by atoms with van der Waals surface area (Å²) in [5, 5.41) is 1.51. The van der Waals surface area contributed by atoms with E-state index in [-0.39, 0.29) is 15.6 Å². The van der Waals surface area contributed by atoms with Gasteiger partial charge in [0.15, 0.2) is 0 Å². The standard InChI is InChI=1S/C14H6BrClF3N3O3/c15-4-1-6(14(17,18)19)10(7(16)2-4)22-8(23)3-5-9(11(22)20)13(25)21-12(5)24/h1-3H,20H2,(H,21,24,25).